The van der Waals surface area contributed by atoms with Crippen LogP contribution in [0.25, 0.3) is 0 Å². The van der Waals surface area contributed by atoms with Crippen molar-refractivity contribution in [1.82, 2.24) is 14.1 Å². The number of likely N-dealkylation sites (N-methyl/N-ethyl adjacent to an activating group) is 1. The second kappa shape index (κ2) is 7.83. The molecule has 1 aliphatic heterocycles. The summed E-state index contributed by atoms with van der Waals surface area (Å²) < 4.78 is 26.7. The van der Waals surface area contributed by atoms with Gasteiger partial charge in [-0.3, -0.25) is 14.4 Å². The summed E-state index contributed by atoms with van der Waals surface area (Å²) in [5, 5.41) is 8.72. The molecular weight excluding hydrogens is 362 g/mol. The van der Waals surface area contributed by atoms with Gasteiger partial charge in [-0.1, -0.05) is 0 Å². The predicted molar refractivity (Wildman–Crippen MR) is 92.1 cm³/mol. The summed E-state index contributed by atoms with van der Waals surface area (Å²) in [6, 6.07) is 5.38. The molecule has 9 nitrogen and oxygen atoms in total. The van der Waals surface area contributed by atoms with Gasteiger partial charge >= 0.3 is 5.97 Å². The fraction of sp³-hybridized carbons (Fsp3) is 0.438. The maximum absolute atomic E-state index is 12.7. The number of amides is 2. The second-order valence-corrected chi connectivity index (χ2v) is 7.93. The number of hydrogen-bond acceptors (Lipinski definition) is 5. The van der Waals surface area contributed by atoms with E-state index in [1.807, 2.05) is 0 Å². The van der Waals surface area contributed by atoms with Crippen LogP contribution in [0.4, 0.5) is 0 Å². The van der Waals surface area contributed by atoms with E-state index in [1.165, 1.54) is 42.5 Å². The molecule has 0 unspecified atom stereocenters. The van der Waals surface area contributed by atoms with Gasteiger partial charge in [-0.05, 0) is 24.3 Å². The van der Waals surface area contributed by atoms with Crippen LogP contribution in [0.15, 0.2) is 29.2 Å². The average molecular weight is 383 g/mol. The van der Waals surface area contributed by atoms with Gasteiger partial charge in [0.2, 0.25) is 15.9 Å². The fourth-order valence-electron chi connectivity index (χ4n) is 2.66. The highest BCUT2D eigenvalue weighted by atomic mass is 32.2. The Morgan fingerprint density at radius 3 is 2.08 bits per heavy atom. The number of sulfonamides is 1. The average Bonchev–Trinajstić information content (AvgIpc) is 2.60. The third-order valence-corrected chi connectivity index (χ3v) is 6.06. The van der Waals surface area contributed by atoms with Gasteiger partial charge in [0.1, 0.15) is 6.54 Å². The number of carbonyl (C=O) groups excluding carboxylic acids is 2. The molecule has 26 heavy (non-hydrogen) atoms. The van der Waals surface area contributed by atoms with Crippen LogP contribution in [0.3, 0.4) is 0 Å². The van der Waals surface area contributed by atoms with Gasteiger partial charge in [0.15, 0.2) is 0 Å². The van der Waals surface area contributed by atoms with E-state index in [0.717, 1.165) is 4.90 Å². The molecule has 1 aromatic carbocycles. The number of carboxylic acid groups (broad SMARTS) is 1. The van der Waals surface area contributed by atoms with Gasteiger partial charge < -0.3 is 14.9 Å². The number of piperazine rings is 1. The first-order chi connectivity index (χ1) is 12.1. The first kappa shape index (κ1) is 19.9. The molecule has 142 valence electrons. The van der Waals surface area contributed by atoms with E-state index in [0.29, 0.717) is 13.1 Å². The maximum atomic E-state index is 12.7. The Hall–Kier alpha value is -2.46. The third-order valence-electron chi connectivity index (χ3n) is 4.14. The van der Waals surface area contributed by atoms with E-state index < -0.39 is 28.4 Å². The van der Waals surface area contributed by atoms with Gasteiger partial charge in [-0.2, -0.15) is 4.31 Å². The molecular formula is C16H21N3O6S. The molecule has 0 atom stereocenters. The summed E-state index contributed by atoms with van der Waals surface area (Å²) in [7, 11) is -2.36. The number of carbonyl (C=O) groups is 3. The Morgan fingerprint density at radius 2 is 1.62 bits per heavy atom. The number of benzene rings is 1. The molecule has 1 N–H and O–H groups in total. The normalized spacial score (nSPS) is 15.5. The minimum atomic E-state index is -3.72. The zero-order valence-electron chi connectivity index (χ0n) is 14.6. The van der Waals surface area contributed by atoms with Gasteiger partial charge in [0.25, 0.3) is 5.91 Å². The van der Waals surface area contributed by atoms with Crippen molar-refractivity contribution in [2.24, 2.45) is 0 Å². The fourth-order valence-corrected chi connectivity index (χ4v) is 4.08. The smallest absolute Gasteiger partial charge is 0.323 e. The molecule has 2 amide bonds. The van der Waals surface area contributed by atoms with Crippen LogP contribution < -0.4 is 0 Å². The van der Waals surface area contributed by atoms with Crippen LogP contribution >= 0.6 is 0 Å². The van der Waals surface area contributed by atoms with E-state index in [9.17, 15) is 22.8 Å². The van der Waals surface area contributed by atoms with Crippen molar-refractivity contribution in [3.8, 4) is 0 Å². The summed E-state index contributed by atoms with van der Waals surface area (Å²) in [4.78, 5) is 36.8. The lowest BCUT2D eigenvalue weighted by Crippen LogP contribution is -2.49. The largest absolute Gasteiger partial charge is 0.480 e. The van der Waals surface area contributed by atoms with Crippen LogP contribution in [0.5, 0.6) is 0 Å². The third kappa shape index (κ3) is 4.38. The number of carboxylic acids is 1. The van der Waals surface area contributed by atoms with Gasteiger partial charge in [0.05, 0.1) is 4.90 Å². The number of nitrogens with zero attached hydrogens (tertiary/aromatic N) is 3. The summed E-state index contributed by atoms with van der Waals surface area (Å²) in [5.41, 5.74) is 0.203. The van der Waals surface area contributed by atoms with Gasteiger partial charge in [-0.15, -0.1) is 0 Å². The first-order valence-electron chi connectivity index (χ1n) is 7.96. The van der Waals surface area contributed by atoms with Crippen molar-refractivity contribution in [3.63, 3.8) is 0 Å². The molecule has 10 heteroatoms. The zero-order chi connectivity index (χ0) is 19.5. The summed E-state index contributed by atoms with van der Waals surface area (Å²) >= 11 is 0. The molecule has 0 aliphatic carbocycles. The van der Waals surface area contributed by atoms with Crippen molar-refractivity contribution in [3.05, 3.63) is 29.8 Å². The topological polar surface area (TPSA) is 115 Å². The lowest BCUT2D eigenvalue weighted by Gasteiger charge is -2.33. The van der Waals surface area contributed by atoms with Crippen molar-refractivity contribution < 1.29 is 27.9 Å². The molecule has 1 heterocycles. The number of hydrogen-bond donors (Lipinski definition) is 1. The Labute approximate surface area is 151 Å². The van der Waals surface area contributed by atoms with Crippen LogP contribution in [0, 0.1) is 0 Å². The Bertz CT molecular complexity index is 798. The second-order valence-electron chi connectivity index (χ2n) is 5.99. The SMILES string of the molecule is CC(=O)N1CCN(S(=O)(=O)c2ccc(C(=O)N(C)CC(=O)O)cc2)CC1. The number of rotatable bonds is 5. The van der Waals surface area contributed by atoms with Crippen LogP contribution in [0.1, 0.15) is 17.3 Å². The Morgan fingerprint density at radius 1 is 1.08 bits per heavy atom. The molecule has 0 bridgehead atoms. The zero-order valence-corrected chi connectivity index (χ0v) is 15.4. The van der Waals surface area contributed by atoms with Gasteiger partial charge in [-0.25, -0.2) is 8.42 Å². The number of aliphatic carboxylic acids is 1. The lowest BCUT2D eigenvalue weighted by molar-refractivity contribution is -0.137. The van der Waals surface area contributed by atoms with Crippen molar-refractivity contribution >= 4 is 27.8 Å². The van der Waals surface area contributed by atoms with Crippen molar-refractivity contribution in [1.29, 1.82) is 0 Å². The molecule has 1 aliphatic rings. The van der Waals surface area contributed by atoms with Crippen LogP contribution in [-0.4, -0.2) is 85.2 Å². The quantitative estimate of drug-likeness (QED) is 0.746. The van der Waals surface area contributed by atoms with E-state index in [2.05, 4.69) is 0 Å². The van der Waals surface area contributed by atoms with E-state index >= 15 is 0 Å². The Balaban J connectivity index is 2.11. The summed E-state index contributed by atoms with van der Waals surface area (Å²) in [5.74, 6) is -1.73. The molecule has 1 saturated heterocycles. The van der Waals surface area contributed by atoms with Crippen molar-refractivity contribution in [2.75, 3.05) is 39.8 Å². The highest BCUT2D eigenvalue weighted by Gasteiger charge is 2.29. The van der Waals surface area contributed by atoms with E-state index in [-0.39, 0.29) is 29.5 Å². The minimum absolute atomic E-state index is 0.0474. The predicted octanol–water partition coefficient (Wildman–Crippen LogP) is -0.304. The monoisotopic (exact) mass is 383 g/mol. The molecule has 1 fully saturated rings. The molecule has 0 radical (unpaired) electrons. The highest BCUT2D eigenvalue weighted by Crippen LogP contribution is 2.19. The van der Waals surface area contributed by atoms with E-state index in [1.54, 1.807) is 4.90 Å². The van der Waals surface area contributed by atoms with Crippen LogP contribution in [-0.2, 0) is 19.6 Å². The highest BCUT2D eigenvalue weighted by molar-refractivity contribution is 7.89. The Kier molecular flexibility index (Phi) is 5.98. The van der Waals surface area contributed by atoms with E-state index in [4.69, 9.17) is 5.11 Å². The standard InChI is InChI=1S/C16H21N3O6S/c1-12(20)18-7-9-19(10-8-18)26(24,25)14-5-3-13(4-6-14)16(23)17(2)11-15(21)22/h3-6H,7-11H2,1-2H3,(H,21,22). The summed E-state index contributed by atoms with van der Waals surface area (Å²) in [6.07, 6.45) is 0. The van der Waals surface area contributed by atoms with Gasteiger partial charge in [0, 0.05) is 45.7 Å². The van der Waals surface area contributed by atoms with Crippen molar-refractivity contribution in [2.45, 2.75) is 11.8 Å². The van der Waals surface area contributed by atoms with Crippen LogP contribution in [0.2, 0.25) is 0 Å². The maximum Gasteiger partial charge on any atom is 0.323 e. The molecule has 1 aromatic rings. The minimum Gasteiger partial charge on any atom is -0.480 e. The molecule has 0 saturated carbocycles. The first-order valence-corrected chi connectivity index (χ1v) is 9.40. The summed E-state index contributed by atoms with van der Waals surface area (Å²) in [6.45, 7) is 2.10. The molecule has 0 spiro atoms. The lowest BCUT2D eigenvalue weighted by atomic mass is 10.2. The molecule has 2 rings (SSSR count). The molecule has 0 aromatic heterocycles.